The van der Waals surface area contributed by atoms with E-state index >= 15 is 0 Å². The van der Waals surface area contributed by atoms with Crippen molar-refractivity contribution in [2.24, 2.45) is 5.73 Å². The topological polar surface area (TPSA) is 98.2 Å². The number of ketones is 1. The zero-order chi connectivity index (χ0) is 20.9. The Balaban J connectivity index is 2.03. The number of amides is 1. The lowest BCUT2D eigenvalue weighted by atomic mass is 10.0. The number of rotatable bonds is 10. The van der Waals surface area contributed by atoms with E-state index in [4.69, 9.17) is 10.2 Å². The first-order valence-electron chi connectivity index (χ1n) is 9.17. The number of aryl methyl sites for hydroxylation is 1. The van der Waals surface area contributed by atoms with Gasteiger partial charge >= 0.3 is 0 Å². The molecular formula is C19H25F2N3O3S. The summed E-state index contributed by atoms with van der Waals surface area (Å²) < 4.78 is 32.9. The van der Waals surface area contributed by atoms with Gasteiger partial charge in [0.15, 0.2) is 5.76 Å². The Labute approximate surface area is 166 Å². The highest BCUT2D eigenvalue weighted by Crippen LogP contribution is 2.28. The van der Waals surface area contributed by atoms with Gasteiger partial charge in [-0.15, -0.1) is 11.3 Å². The van der Waals surface area contributed by atoms with Crippen molar-refractivity contribution in [2.75, 3.05) is 0 Å². The van der Waals surface area contributed by atoms with Crippen molar-refractivity contribution in [3.05, 3.63) is 29.1 Å². The van der Waals surface area contributed by atoms with Crippen LogP contribution in [0.15, 0.2) is 22.7 Å². The Bertz CT molecular complexity index is 819. The van der Waals surface area contributed by atoms with Crippen molar-refractivity contribution in [3.63, 3.8) is 0 Å². The highest BCUT2D eigenvalue weighted by molar-refractivity contribution is 7.15. The largest absolute Gasteiger partial charge is 0.433 e. The molecule has 0 saturated carbocycles. The van der Waals surface area contributed by atoms with Gasteiger partial charge in [-0.3, -0.25) is 9.59 Å². The van der Waals surface area contributed by atoms with Gasteiger partial charge < -0.3 is 15.5 Å². The average Bonchev–Trinajstić information content (AvgIpc) is 3.27. The van der Waals surface area contributed by atoms with Crippen molar-refractivity contribution >= 4 is 23.0 Å². The summed E-state index contributed by atoms with van der Waals surface area (Å²) in [5.74, 6) is -4.02. The first-order chi connectivity index (χ1) is 13.2. The minimum atomic E-state index is -3.02. The molecule has 0 saturated heterocycles. The number of oxazole rings is 1. The van der Waals surface area contributed by atoms with E-state index in [9.17, 15) is 18.4 Å². The number of hydrogen-bond donors (Lipinski definition) is 2. The normalized spacial score (nSPS) is 13.9. The van der Waals surface area contributed by atoms with E-state index in [1.54, 1.807) is 13.8 Å². The van der Waals surface area contributed by atoms with Crippen LogP contribution in [0.25, 0.3) is 10.6 Å². The first kappa shape index (κ1) is 22.2. The summed E-state index contributed by atoms with van der Waals surface area (Å²) in [7, 11) is 0. The molecule has 2 aromatic rings. The molecule has 0 radical (unpaired) electrons. The number of thiophene rings is 1. The standard InChI is InChI=1S/C19H25F2N3O3S/c1-4-8-19(20,21)9-12(22)17(26)24-13(5-2)16(25)18-23-10-14(27-18)15-7-6-11(3)28-15/h6-7,10,12-13H,4-5,8-9,22H2,1-3H3,(H,24,26)/t12-,13-/m0/s1. The minimum Gasteiger partial charge on any atom is -0.433 e. The van der Waals surface area contributed by atoms with E-state index in [0.29, 0.717) is 5.76 Å². The lowest BCUT2D eigenvalue weighted by Crippen LogP contribution is -2.50. The number of nitrogens with two attached hydrogens (primary N) is 1. The van der Waals surface area contributed by atoms with Crippen LogP contribution in [-0.2, 0) is 4.79 Å². The molecule has 0 bridgehead atoms. The van der Waals surface area contributed by atoms with E-state index in [2.05, 4.69) is 10.3 Å². The third kappa shape index (κ3) is 5.68. The maximum atomic E-state index is 13.7. The van der Waals surface area contributed by atoms with E-state index < -0.39 is 36.1 Å². The number of alkyl halides is 2. The summed E-state index contributed by atoms with van der Waals surface area (Å²) >= 11 is 1.50. The van der Waals surface area contributed by atoms with Crippen molar-refractivity contribution in [1.29, 1.82) is 0 Å². The predicted octanol–water partition coefficient (Wildman–Crippen LogP) is 3.94. The lowest BCUT2D eigenvalue weighted by molar-refractivity contribution is -0.125. The van der Waals surface area contributed by atoms with Gasteiger partial charge in [0, 0.05) is 17.7 Å². The van der Waals surface area contributed by atoms with E-state index in [-0.39, 0.29) is 25.2 Å². The van der Waals surface area contributed by atoms with Gasteiger partial charge in [-0.05, 0) is 25.5 Å². The first-order valence-corrected chi connectivity index (χ1v) is 9.99. The number of nitrogens with zero attached hydrogens (tertiary/aromatic N) is 1. The van der Waals surface area contributed by atoms with Crippen LogP contribution in [0.2, 0.25) is 0 Å². The van der Waals surface area contributed by atoms with Crippen LogP contribution in [0.3, 0.4) is 0 Å². The van der Waals surface area contributed by atoms with Crippen LogP contribution in [0.1, 0.15) is 55.1 Å². The lowest BCUT2D eigenvalue weighted by Gasteiger charge is -2.21. The third-order valence-corrected chi connectivity index (χ3v) is 5.23. The maximum absolute atomic E-state index is 13.7. The van der Waals surface area contributed by atoms with Crippen molar-refractivity contribution in [2.45, 2.75) is 64.5 Å². The van der Waals surface area contributed by atoms with Crippen molar-refractivity contribution < 1.29 is 22.8 Å². The summed E-state index contributed by atoms with van der Waals surface area (Å²) in [6.07, 6.45) is 0.875. The fraction of sp³-hybridized carbons (Fsp3) is 0.526. The van der Waals surface area contributed by atoms with Gasteiger partial charge in [-0.25, -0.2) is 13.8 Å². The summed E-state index contributed by atoms with van der Waals surface area (Å²) in [4.78, 5) is 30.7. The summed E-state index contributed by atoms with van der Waals surface area (Å²) in [6, 6.07) is 1.44. The number of hydrogen-bond acceptors (Lipinski definition) is 6. The molecule has 0 unspecified atom stereocenters. The number of aromatic nitrogens is 1. The summed E-state index contributed by atoms with van der Waals surface area (Å²) in [5.41, 5.74) is 5.62. The van der Waals surface area contributed by atoms with E-state index in [0.717, 1.165) is 9.75 Å². The number of halogens is 2. The number of carbonyl (C=O) groups excluding carboxylic acids is 2. The van der Waals surface area contributed by atoms with E-state index in [1.807, 2.05) is 19.1 Å². The van der Waals surface area contributed by atoms with Gasteiger partial charge in [0.1, 0.15) is 0 Å². The fourth-order valence-electron chi connectivity index (χ4n) is 2.73. The molecule has 0 aromatic carbocycles. The van der Waals surface area contributed by atoms with Crippen LogP contribution in [0.5, 0.6) is 0 Å². The maximum Gasteiger partial charge on any atom is 0.265 e. The molecule has 2 rings (SSSR count). The molecule has 0 spiro atoms. The highest BCUT2D eigenvalue weighted by Gasteiger charge is 2.34. The predicted molar refractivity (Wildman–Crippen MR) is 104 cm³/mol. The Hall–Kier alpha value is -2.13. The molecule has 0 fully saturated rings. The summed E-state index contributed by atoms with van der Waals surface area (Å²) in [6.45, 7) is 5.27. The SMILES string of the molecule is CCCC(F)(F)C[C@H](N)C(=O)N[C@@H](CC)C(=O)c1ncc(-c2ccc(C)s2)o1. The molecule has 2 aromatic heterocycles. The summed E-state index contributed by atoms with van der Waals surface area (Å²) in [5, 5.41) is 2.44. The number of nitrogens with one attached hydrogen (secondary N) is 1. The molecule has 0 aliphatic rings. The highest BCUT2D eigenvalue weighted by atomic mass is 32.1. The molecule has 2 atom stereocenters. The molecule has 6 nitrogen and oxygen atoms in total. The zero-order valence-electron chi connectivity index (χ0n) is 16.1. The minimum absolute atomic E-state index is 0.141. The third-order valence-electron chi connectivity index (χ3n) is 4.21. The van der Waals surface area contributed by atoms with Crippen LogP contribution < -0.4 is 11.1 Å². The van der Waals surface area contributed by atoms with E-state index in [1.165, 1.54) is 17.5 Å². The second-order valence-electron chi connectivity index (χ2n) is 6.69. The monoisotopic (exact) mass is 413 g/mol. The second kappa shape index (κ2) is 9.38. The van der Waals surface area contributed by atoms with Crippen molar-refractivity contribution in [1.82, 2.24) is 10.3 Å². The fourth-order valence-corrected chi connectivity index (χ4v) is 3.55. The average molecular weight is 413 g/mol. The Morgan fingerprint density at radius 1 is 1.36 bits per heavy atom. The quantitative estimate of drug-likeness (QED) is 0.575. The van der Waals surface area contributed by atoms with Crippen molar-refractivity contribution in [3.8, 4) is 10.6 Å². The molecule has 9 heteroatoms. The molecule has 154 valence electrons. The van der Waals surface area contributed by atoms with Gasteiger partial charge in [-0.2, -0.15) is 0 Å². The van der Waals surface area contributed by atoms with Gasteiger partial charge in [0.25, 0.3) is 5.89 Å². The van der Waals surface area contributed by atoms with Gasteiger partial charge in [0.05, 0.1) is 23.2 Å². The second-order valence-corrected chi connectivity index (χ2v) is 7.98. The zero-order valence-corrected chi connectivity index (χ0v) is 16.9. The number of Topliss-reactive ketones (excluding diaryl/α,β-unsaturated/α-hetero) is 1. The van der Waals surface area contributed by atoms with Crippen LogP contribution >= 0.6 is 11.3 Å². The molecule has 0 aliphatic carbocycles. The molecule has 3 N–H and O–H groups in total. The number of carbonyl (C=O) groups is 2. The molecular weight excluding hydrogens is 388 g/mol. The molecule has 28 heavy (non-hydrogen) atoms. The Morgan fingerprint density at radius 3 is 2.64 bits per heavy atom. The van der Waals surface area contributed by atoms with Gasteiger partial charge in [0.2, 0.25) is 17.6 Å². The molecule has 0 aliphatic heterocycles. The van der Waals surface area contributed by atoms with Crippen LogP contribution in [-0.4, -0.2) is 34.7 Å². The van der Waals surface area contributed by atoms with Crippen LogP contribution in [0.4, 0.5) is 8.78 Å². The Morgan fingerprint density at radius 2 is 2.07 bits per heavy atom. The van der Waals surface area contributed by atoms with Gasteiger partial charge in [-0.1, -0.05) is 20.3 Å². The Kier molecular flexibility index (Phi) is 7.42. The smallest absolute Gasteiger partial charge is 0.265 e. The molecule has 2 heterocycles. The molecule has 1 amide bonds. The van der Waals surface area contributed by atoms with Crippen LogP contribution in [0, 0.1) is 6.92 Å².